The summed E-state index contributed by atoms with van der Waals surface area (Å²) in [7, 11) is 0. The van der Waals surface area contributed by atoms with Crippen LogP contribution in [0.3, 0.4) is 0 Å². The van der Waals surface area contributed by atoms with Crippen LogP contribution in [-0.4, -0.2) is 11.8 Å². The van der Waals surface area contributed by atoms with Gasteiger partial charge in [0.05, 0.1) is 6.04 Å². The lowest BCUT2D eigenvalue weighted by molar-refractivity contribution is -0.120. The smallest absolute Gasteiger partial charge is 0.149 e. The van der Waals surface area contributed by atoms with E-state index in [9.17, 15) is 4.79 Å². The van der Waals surface area contributed by atoms with Crippen LogP contribution in [-0.2, 0) is 11.2 Å². The monoisotopic (exact) mass is 225 g/mol. The van der Waals surface area contributed by atoms with Crippen LogP contribution in [0, 0.1) is 0 Å². The van der Waals surface area contributed by atoms with Crippen molar-refractivity contribution in [3.05, 3.63) is 34.9 Å². The molecule has 1 unspecified atom stereocenters. The molecule has 0 aliphatic heterocycles. The first-order valence-corrected chi connectivity index (χ1v) is 5.54. The number of rotatable bonds is 5. The molecule has 15 heavy (non-hydrogen) atoms. The predicted molar refractivity (Wildman–Crippen MR) is 63.0 cm³/mol. The number of ketones is 1. The molecule has 0 aliphatic carbocycles. The molecule has 0 amide bonds. The van der Waals surface area contributed by atoms with Gasteiger partial charge in [0.15, 0.2) is 0 Å². The average Bonchev–Trinajstić information content (AvgIpc) is 2.26. The first kappa shape index (κ1) is 12.2. The second-order valence-electron chi connectivity index (χ2n) is 3.57. The fourth-order valence-electron chi connectivity index (χ4n) is 1.37. The minimum absolute atomic E-state index is 0.109. The molecule has 2 N–H and O–H groups in total. The molecular weight excluding hydrogens is 210 g/mol. The van der Waals surface area contributed by atoms with Crippen LogP contribution >= 0.6 is 11.6 Å². The Morgan fingerprint density at radius 3 is 2.73 bits per heavy atom. The number of carbonyl (C=O) groups is 1. The van der Waals surface area contributed by atoms with E-state index in [1.54, 1.807) is 0 Å². The van der Waals surface area contributed by atoms with Gasteiger partial charge in [0, 0.05) is 11.4 Å². The van der Waals surface area contributed by atoms with E-state index in [4.69, 9.17) is 17.3 Å². The van der Waals surface area contributed by atoms with Crippen molar-refractivity contribution < 1.29 is 4.79 Å². The highest BCUT2D eigenvalue weighted by Gasteiger charge is 2.11. The SMILES string of the molecule is CCC(N)C(=O)CCc1ccccc1Cl. The molecule has 1 aromatic rings. The average molecular weight is 226 g/mol. The molecule has 0 bridgehead atoms. The molecule has 2 nitrogen and oxygen atoms in total. The van der Waals surface area contributed by atoms with Crippen molar-refractivity contribution in [1.82, 2.24) is 0 Å². The van der Waals surface area contributed by atoms with Crippen molar-refractivity contribution in [2.75, 3.05) is 0 Å². The van der Waals surface area contributed by atoms with Crippen LogP contribution in [0.1, 0.15) is 25.3 Å². The number of hydrogen-bond acceptors (Lipinski definition) is 2. The molecule has 0 heterocycles. The summed E-state index contributed by atoms with van der Waals surface area (Å²) in [6.07, 6.45) is 1.84. The Hall–Kier alpha value is -0.860. The van der Waals surface area contributed by atoms with Gasteiger partial charge in [-0.15, -0.1) is 0 Å². The summed E-state index contributed by atoms with van der Waals surface area (Å²) in [6.45, 7) is 1.91. The predicted octanol–water partition coefficient (Wildman–Crippen LogP) is 2.58. The van der Waals surface area contributed by atoms with Crippen LogP contribution in [0.4, 0.5) is 0 Å². The maximum atomic E-state index is 11.5. The third-order valence-electron chi connectivity index (χ3n) is 2.45. The van der Waals surface area contributed by atoms with Gasteiger partial charge < -0.3 is 5.73 Å². The van der Waals surface area contributed by atoms with Crippen LogP contribution in [0.25, 0.3) is 0 Å². The van der Waals surface area contributed by atoms with Crippen LogP contribution in [0.15, 0.2) is 24.3 Å². The zero-order valence-electron chi connectivity index (χ0n) is 8.87. The highest BCUT2D eigenvalue weighted by Crippen LogP contribution is 2.16. The number of aryl methyl sites for hydroxylation is 1. The largest absolute Gasteiger partial charge is 0.322 e. The summed E-state index contributed by atoms with van der Waals surface area (Å²) in [4.78, 5) is 11.5. The summed E-state index contributed by atoms with van der Waals surface area (Å²) in [5, 5.41) is 0.718. The number of nitrogens with two attached hydrogens (primary N) is 1. The highest BCUT2D eigenvalue weighted by atomic mass is 35.5. The maximum Gasteiger partial charge on any atom is 0.149 e. The van der Waals surface area contributed by atoms with E-state index in [1.807, 2.05) is 31.2 Å². The van der Waals surface area contributed by atoms with Crippen LogP contribution in [0.2, 0.25) is 5.02 Å². The Balaban J connectivity index is 2.51. The molecule has 1 atom stereocenters. The first-order valence-electron chi connectivity index (χ1n) is 5.16. The third kappa shape index (κ3) is 3.65. The molecule has 0 spiro atoms. The van der Waals surface area contributed by atoms with Crippen molar-refractivity contribution in [3.63, 3.8) is 0 Å². The zero-order valence-corrected chi connectivity index (χ0v) is 9.63. The molecule has 0 aliphatic rings. The van der Waals surface area contributed by atoms with Crippen molar-refractivity contribution in [1.29, 1.82) is 0 Å². The van der Waals surface area contributed by atoms with Gasteiger partial charge >= 0.3 is 0 Å². The van der Waals surface area contributed by atoms with Gasteiger partial charge in [-0.3, -0.25) is 4.79 Å². The van der Waals surface area contributed by atoms with Crippen molar-refractivity contribution >= 4 is 17.4 Å². The van der Waals surface area contributed by atoms with Crippen LogP contribution < -0.4 is 5.73 Å². The molecule has 0 radical (unpaired) electrons. The van der Waals surface area contributed by atoms with Gasteiger partial charge in [-0.25, -0.2) is 0 Å². The second kappa shape index (κ2) is 5.89. The van der Waals surface area contributed by atoms with E-state index in [1.165, 1.54) is 0 Å². The molecule has 0 saturated heterocycles. The molecule has 0 aromatic heterocycles. The first-order chi connectivity index (χ1) is 7.15. The third-order valence-corrected chi connectivity index (χ3v) is 2.82. The van der Waals surface area contributed by atoms with Crippen LogP contribution in [0.5, 0.6) is 0 Å². The summed E-state index contributed by atoms with van der Waals surface area (Å²) in [6, 6.07) is 7.25. The van der Waals surface area contributed by atoms with Gasteiger partial charge in [-0.05, 0) is 24.5 Å². The lowest BCUT2D eigenvalue weighted by Gasteiger charge is -2.08. The summed E-state index contributed by atoms with van der Waals surface area (Å²) >= 11 is 5.98. The molecule has 1 rings (SSSR count). The Labute approximate surface area is 95.4 Å². The highest BCUT2D eigenvalue weighted by molar-refractivity contribution is 6.31. The Morgan fingerprint density at radius 2 is 2.13 bits per heavy atom. The normalized spacial score (nSPS) is 12.5. The number of Topliss-reactive ketones (excluding diaryl/α,β-unsaturated/α-hetero) is 1. The van der Waals surface area contributed by atoms with E-state index in [0.717, 1.165) is 10.6 Å². The van der Waals surface area contributed by atoms with Gasteiger partial charge in [0.1, 0.15) is 5.78 Å². The Kier molecular flexibility index (Phi) is 4.79. The standard InChI is InChI=1S/C12H16ClNO/c1-2-11(14)12(15)8-7-9-5-3-4-6-10(9)13/h3-6,11H,2,7-8,14H2,1H3. The summed E-state index contributed by atoms with van der Waals surface area (Å²) in [5.74, 6) is 0.109. The molecule has 0 fully saturated rings. The number of benzene rings is 1. The number of halogens is 1. The van der Waals surface area contributed by atoms with E-state index in [2.05, 4.69) is 0 Å². The lowest BCUT2D eigenvalue weighted by atomic mass is 10.0. The topological polar surface area (TPSA) is 43.1 Å². The molecule has 0 saturated carbocycles. The van der Waals surface area contributed by atoms with E-state index in [0.29, 0.717) is 19.3 Å². The number of carbonyl (C=O) groups excluding carboxylic acids is 1. The van der Waals surface area contributed by atoms with E-state index in [-0.39, 0.29) is 11.8 Å². The van der Waals surface area contributed by atoms with E-state index >= 15 is 0 Å². The molecular formula is C12H16ClNO. The van der Waals surface area contributed by atoms with Crippen molar-refractivity contribution in [2.45, 2.75) is 32.2 Å². The van der Waals surface area contributed by atoms with Gasteiger partial charge in [-0.2, -0.15) is 0 Å². The maximum absolute atomic E-state index is 11.5. The quantitative estimate of drug-likeness (QED) is 0.837. The van der Waals surface area contributed by atoms with Gasteiger partial charge in [-0.1, -0.05) is 36.7 Å². The fourth-order valence-corrected chi connectivity index (χ4v) is 1.60. The Bertz CT molecular complexity index is 338. The number of hydrogen-bond donors (Lipinski definition) is 1. The fraction of sp³-hybridized carbons (Fsp3) is 0.417. The molecule has 82 valence electrons. The zero-order chi connectivity index (χ0) is 11.3. The van der Waals surface area contributed by atoms with Crippen molar-refractivity contribution in [3.8, 4) is 0 Å². The second-order valence-corrected chi connectivity index (χ2v) is 3.98. The van der Waals surface area contributed by atoms with Gasteiger partial charge in [0.2, 0.25) is 0 Å². The minimum Gasteiger partial charge on any atom is -0.322 e. The lowest BCUT2D eigenvalue weighted by Crippen LogP contribution is -2.29. The molecule has 3 heteroatoms. The van der Waals surface area contributed by atoms with Crippen molar-refractivity contribution in [2.24, 2.45) is 5.73 Å². The summed E-state index contributed by atoms with van der Waals surface area (Å²) < 4.78 is 0. The molecule has 1 aromatic carbocycles. The van der Waals surface area contributed by atoms with E-state index < -0.39 is 0 Å². The van der Waals surface area contributed by atoms with Gasteiger partial charge in [0.25, 0.3) is 0 Å². The Morgan fingerprint density at radius 1 is 1.47 bits per heavy atom. The minimum atomic E-state index is -0.326. The summed E-state index contributed by atoms with van der Waals surface area (Å²) in [5.41, 5.74) is 6.65.